The van der Waals surface area contributed by atoms with Crippen molar-refractivity contribution in [1.82, 2.24) is 0 Å². The van der Waals surface area contributed by atoms with Crippen LogP contribution in [0.15, 0.2) is 46.9 Å². The number of esters is 3. The number of carbonyl (C=O) groups is 3. The molecule has 13 atom stereocenters. The van der Waals surface area contributed by atoms with Crippen molar-refractivity contribution in [2.75, 3.05) is 6.61 Å². The Balaban J connectivity index is 1.18. The Hall–Kier alpha value is -2.18. The van der Waals surface area contributed by atoms with E-state index in [1.807, 2.05) is 43.4 Å². The second-order valence-corrected chi connectivity index (χ2v) is 24.1. The van der Waals surface area contributed by atoms with Crippen molar-refractivity contribution >= 4 is 38.2 Å². The number of thioether (sulfide) groups is 1. The van der Waals surface area contributed by atoms with Gasteiger partial charge in [0.25, 0.3) is 0 Å². The van der Waals surface area contributed by atoms with Crippen LogP contribution in [0.1, 0.15) is 126 Å². The molecule has 4 fully saturated rings. The molecule has 4 aliphatic carbocycles. The Morgan fingerprint density at radius 2 is 1.55 bits per heavy atom. The minimum Gasteiger partial charge on any atom is -0.543 e. The van der Waals surface area contributed by atoms with Crippen molar-refractivity contribution in [1.29, 1.82) is 0 Å². The lowest BCUT2D eigenvalue weighted by atomic mass is 9.47. The average molecular weight is 841 g/mol. The summed E-state index contributed by atoms with van der Waals surface area (Å²) in [5.74, 6) is 3.14. The number of ether oxygens (including phenoxy) is 4. The third kappa shape index (κ3) is 10.3. The van der Waals surface area contributed by atoms with Gasteiger partial charge in [-0.1, -0.05) is 95.5 Å². The van der Waals surface area contributed by atoms with Crippen molar-refractivity contribution in [3.8, 4) is 0 Å². The summed E-state index contributed by atoms with van der Waals surface area (Å²) < 4.78 is 37.7. The summed E-state index contributed by atoms with van der Waals surface area (Å²) in [5.41, 5.74) is 1.53. The number of hydrogen-bond donors (Lipinski definition) is 0. The van der Waals surface area contributed by atoms with Crippen LogP contribution in [0.3, 0.4) is 0 Å². The van der Waals surface area contributed by atoms with E-state index in [1.165, 1.54) is 83.9 Å². The van der Waals surface area contributed by atoms with Gasteiger partial charge in [0.05, 0.1) is 6.10 Å². The second kappa shape index (κ2) is 18.8. The van der Waals surface area contributed by atoms with Crippen molar-refractivity contribution in [2.24, 2.45) is 46.3 Å². The molecule has 0 bridgehead atoms. The largest absolute Gasteiger partial charge is 0.543 e. The lowest BCUT2D eigenvalue weighted by molar-refractivity contribution is -0.230. The molecule has 7 unspecified atom stereocenters. The van der Waals surface area contributed by atoms with E-state index in [-0.39, 0.29) is 18.1 Å². The van der Waals surface area contributed by atoms with Gasteiger partial charge in [-0.3, -0.25) is 14.4 Å². The van der Waals surface area contributed by atoms with Crippen LogP contribution in [0.5, 0.6) is 0 Å². The third-order valence-electron chi connectivity index (χ3n) is 14.8. The van der Waals surface area contributed by atoms with Gasteiger partial charge >= 0.3 is 17.9 Å². The van der Waals surface area contributed by atoms with Crippen LogP contribution in [-0.4, -0.2) is 69.0 Å². The van der Waals surface area contributed by atoms with Gasteiger partial charge in [0.1, 0.15) is 26.7 Å². The predicted octanol–water partition coefficient (Wildman–Crippen LogP) is 10.4. The van der Waals surface area contributed by atoms with Gasteiger partial charge in [0.15, 0.2) is 12.2 Å². The van der Waals surface area contributed by atoms with E-state index in [2.05, 4.69) is 40.7 Å². The summed E-state index contributed by atoms with van der Waals surface area (Å²) in [7, 11) is -2.97. The number of benzene rings is 1. The van der Waals surface area contributed by atoms with E-state index in [0.29, 0.717) is 5.41 Å². The molecule has 9 nitrogen and oxygen atoms in total. The molecule has 1 aromatic carbocycles. The number of rotatable bonds is 15. The Morgan fingerprint density at radius 3 is 2.22 bits per heavy atom. The highest BCUT2D eigenvalue weighted by Crippen LogP contribution is 2.67. The fraction of sp³-hybridized carbons (Fsp3) is 0.766. The van der Waals surface area contributed by atoms with Crippen LogP contribution in [0.2, 0.25) is 13.1 Å². The van der Waals surface area contributed by atoms with Crippen molar-refractivity contribution in [2.45, 2.75) is 180 Å². The molecule has 1 saturated heterocycles. The quantitative estimate of drug-likeness (QED) is 0.0733. The first-order valence-electron chi connectivity index (χ1n) is 22.3. The molecule has 0 spiro atoms. The molecule has 1 aliphatic heterocycles. The van der Waals surface area contributed by atoms with Gasteiger partial charge in [0.2, 0.25) is 0 Å². The van der Waals surface area contributed by atoms with Crippen molar-refractivity contribution < 1.29 is 42.2 Å². The molecule has 58 heavy (non-hydrogen) atoms. The lowest BCUT2D eigenvalue weighted by Crippen LogP contribution is -2.63. The van der Waals surface area contributed by atoms with E-state index in [9.17, 15) is 14.4 Å². The standard InChI is InChI=1S/C47H72O9SSi/c1-29(2)15-14-16-30(3)38-21-22-39-37-20-19-34-27-35(23-25-46(34,7)40(37)24-26-47(38,39)8)55-58(9,10)56-44-43(53-33(6)50)42(52-32(5)49)41(28-51-31(4)48)54-45(44)57-36-17-12-11-13-18-36/h11-13,17-19,29-30,35,37-45H,14-16,20-28H2,1-10H3/q-1/t30-,35?,37?,38-,39?,40?,41?,42-,43?,44?,45+,46+,47-/m1/s1. The first kappa shape index (κ1) is 45.3. The van der Waals surface area contributed by atoms with Gasteiger partial charge in [-0.25, -0.2) is 0 Å². The Kier molecular flexibility index (Phi) is 14.7. The fourth-order valence-corrected chi connectivity index (χ4v) is 15.4. The molecule has 5 aliphatic rings. The van der Waals surface area contributed by atoms with Crippen molar-refractivity contribution in [3.05, 3.63) is 42.0 Å². The maximum Gasteiger partial charge on any atom is 0.303 e. The molecule has 0 radical (unpaired) electrons. The molecule has 11 heteroatoms. The monoisotopic (exact) mass is 840 g/mol. The number of allylic oxidation sites excluding steroid dienone is 1. The topological polar surface area (TPSA) is 107 Å². The normalized spacial score (nSPS) is 36.5. The van der Waals surface area contributed by atoms with Crippen LogP contribution < -0.4 is 0 Å². The minimum absolute atomic E-state index is 0.00633. The zero-order valence-electron chi connectivity index (χ0n) is 37.0. The van der Waals surface area contributed by atoms with Crippen LogP contribution in [0.4, 0.5) is 0 Å². The van der Waals surface area contributed by atoms with Gasteiger partial charge < -0.3 is 27.8 Å². The van der Waals surface area contributed by atoms with E-state index in [4.69, 9.17) is 27.8 Å². The third-order valence-corrected chi connectivity index (χ3v) is 17.7. The molecule has 1 heterocycles. The summed E-state index contributed by atoms with van der Waals surface area (Å²) in [6.45, 7) is 20.3. The Bertz CT molecular complexity index is 1620. The summed E-state index contributed by atoms with van der Waals surface area (Å²) >= 11 is 1.42. The smallest absolute Gasteiger partial charge is 0.303 e. The van der Waals surface area contributed by atoms with Crippen LogP contribution in [0.25, 0.3) is 0 Å². The zero-order valence-corrected chi connectivity index (χ0v) is 38.8. The molecule has 6 rings (SSSR count). The summed E-state index contributed by atoms with van der Waals surface area (Å²) in [4.78, 5) is 37.9. The molecule has 3 saturated carbocycles. The fourth-order valence-electron chi connectivity index (χ4n) is 12.2. The zero-order chi connectivity index (χ0) is 42.0. The maximum atomic E-state index is 12.7. The van der Waals surface area contributed by atoms with E-state index in [1.54, 1.807) is 5.57 Å². The lowest BCUT2D eigenvalue weighted by Gasteiger charge is -2.59. The maximum absolute atomic E-state index is 12.7. The summed E-state index contributed by atoms with van der Waals surface area (Å²) in [5, 5.41) is 0. The van der Waals surface area contributed by atoms with E-state index < -0.39 is 56.3 Å². The summed E-state index contributed by atoms with van der Waals surface area (Å²) in [6.07, 6.45) is 12.5. The van der Waals surface area contributed by atoms with Gasteiger partial charge in [-0.05, 0) is 110 Å². The molecular weight excluding hydrogens is 769 g/mol. The highest BCUT2D eigenvalue weighted by molar-refractivity contribution is 7.99. The van der Waals surface area contributed by atoms with Crippen LogP contribution >= 0.6 is 11.8 Å². The Morgan fingerprint density at radius 1 is 0.845 bits per heavy atom. The second-order valence-electron chi connectivity index (χ2n) is 19.7. The summed E-state index contributed by atoms with van der Waals surface area (Å²) in [6, 6.07) is 9.76. The molecule has 1 aromatic rings. The van der Waals surface area contributed by atoms with E-state index in [0.717, 1.165) is 59.7 Å². The van der Waals surface area contributed by atoms with Gasteiger partial charge in [-0.15, -0.1) is 13.1 Å². The first-order valence-corrected chi connectivity index (χ1v) is 26.0. The number of fused-ring (bicyclic) bond motifs is 5. The molecule has 0 N–H and O–H groups in total. The van der Waals surface area contributed by atoms with Gasteiger partial charge in [-0.2, -0.15) is 0 Å². The molecule has 0 aromatic heterocycles. The molecular formula is C47H72O9SSi-. The first-order chi connectivity index (χ1) is 27.4. The average Bonchev–Trinajstić information content (AvgIpc) is 3.50. The molecule has 0 amide bonds. The highest BCUT2D eigenvalue weighted by Gasteiger charge is 2.59. The van der Waals surface area contributed by atoms with E-state index >= 15 is 0 Å². The van der Waals surface area contributed by atoms with Crippen molar-refractivity contribution in [3.63, 3.8) is 0 Å². The van der Waals surface area contributed by atoms with Gasteiger partial charge in [0, 0.05) is 31.8 Å². The van der Waals surface area contributed by atoms with Crippen LogP contribution in [0, 0.1) is 46.3 Å². The number of carbonyl (C=O) groups excluding carboxylic acids is 3. The SMILES string of the molecule is CC(=O)OCC1O[C@@H](Sc2ccccc2)C(O[Si-](C)(C)OC2CC[C@@]3(C)C(=CCC4C3CC[C@@]3(C)C4CC[C@@H]3[C@H](C)CCCC(C)C)C2)C(OC(C)=O)[C@@H]1OC(C)=O. The highest BCUT2D eigenvalue weighted by atomic mass is 32.2. The minimum atomic E-state index is -2.97. The molecule has 325 valence electrons. The number of hydrogen-bond acceptors (Lipinski definition) is 10. The Labute approximate surface area is 354 Å². The van der Waals surface area contributed by atoms with Crippen LogP contribution in [-0.2, 0) is 42.2 Å². The predicted molar refractivity (Wildman–Crippen MR) is 229 cm³/mol.